The van der Waals surface area contributed by atoms with Crippen molar-refractivity contribution in [3.05, 3.63) is 97.1 Å². The van der Waals surface area contributed by atoms with Crippen LogP contribution >= 0.6 is 0 Å². The van der Waals surface area contributed by atoms with Crippen LogP contribution in [0.15, 0.2) is 96.4 Å². The molecule has 6 nitrogen and oxygen atoms in total. The van der Waals surface area contributed by atoms with E-state index in [1.165, 1.54) is 4.31 Å². The maximum Gasteiger partial charge on any atom is 0.264 e. The van der Waals surface area contributed by atoms with E-state index in [9.17, 15) is 8.42 Å². The predicted octanol–water partition coefficient (Wildman–Crippen LogP) is 4.58. The molecular formula is C24H22N4O2S. The number of pyridine rings is 2. The smallest absolute Gasteiger partial charge is 0.264 e. The van der Waals surface area contributed by atoms with Crippen molar-refractivity contribution in [3.8, 4) is 0 Å². The Bertz CT molecular complexity index is 1320. The Morgan fingerprint density at radius 3 is 2.61 bits per heavy atom. The maximum absolute atomic E-state index is 13.5. The van der Waals surface area contributed by atoms with Gasteiger partial charge in [0.05, 0.1) is 16.3 Å². The fourth-order valence-electron chi connectivity index (χ4n) is 3.33. The van der Waals surface area contributed by atoms with Crippen molar-refractivity contribution in [1.29, 1.82) is 0 Å². The van der Waals surface area contributed by atoms with Crippen molar-refractivity contribution in [2.24, 2.45) is 0 Å². The van der Waals surface area contributed by atoms with E-state index in [0.717, 1.165) is 16.6 Å². The molecule has 7 heteroatoms. The summed E-state index contributed by atoms with van der Waals surface area (Å²) in [7, 11) is -2.20. The van der Waals surface area contributed by atoms with Crippen molar-refractivity contribution in [3.63, 3.8) is 0 Å². The van der Waals surface area contributed by atoms with Crippen molar-refractivity contribution in [2.45, 2.75) is 4.90 Å². The number of hydrogen-bond acceptors (Lipinski definition) is 5. The second kappa shape index (κ2) is 8.97. The first-order valence-corrected chi connectivity index (χ1v) is 11.2. The van der Waals surface area contributed by atoms with Gasteiger partial charge >= 0.3 is 0 Å². The summed E-state index contributed by atoms with van der Waals surface area (Å²) >= 11 is 0. The number of benzene rings is 2. The maximum atomic E-state index is 13.5. The fourth-order valence-corrected chi connectivity index (χ4v) is 4.76. The fraction of sp³-hybridized carbons (Fsp3) is 0.0833. The Morgan fingerprint density at radius 2 is 1.77 bits per heavy atom. The first-order valence-electron chi connectivity index (χ1n) is 9.78. The molecule has 0 aliphatic heterocycles. The van der Waals surface area contributed by atoms with Crippen LogP contribution in [-0.4, -0.2) is 32.0 Å². The lowest BCUT2D eigenvalue weighted by atomic mass is 10.2. The van der Waals surface area contributed by atoms with Gasteiger partial charge in [-0.25, -0.2) is 8.42 Å². The standard InChI is InChI=1S/C24H22N4O2S/c1-28(31(29,30)24-12-4-9-20-18-26-16-13-21(20)24)23-11-3-2-10-22(23)27-15-6-8-19-7-5-14-25-17-19/h2-14,16-18,27H,15H2,1H3. The molecule has 0 amide bonds. The van der Waals surface area contributed by atoms with Crippen molar-refractivity contribution in [1.82, 2.24) is 9.97 Å². The zero-order chi connectivity index (χ0) is 21.7. The SMILES string of the molecule is CN(c1ccccc1NCC=Cc1cccnc1)S(=O)(=O)c1cccc2cnccc12. The van der Waals surface area contributed by atoms with Gasteiger partial charge in [0.25, 0.3) is 10.0 Å². The molecule has 0 aliphatic rings. The van der Waals surface area contributed by atoms with Crippen LogP contribution in [0.3, 0.4) is 0 Å². The second-order valence-electron chi connectivity index (χ2n) is 6.91. The van der Waals surface area contributed by atoms with Crippen LogP contribution in [-0.2, 0) is 10.0 Å². The minimum absolute atomic E-state index is 0.251. The predicted molar refractivity (Wildman–Crippen MR) is 126 cm³/mol. The first kappa shape index (κ1) is 20.6. The van der Waals surface area contributed by atoms with Crippen LogP contribution in [0.2, 0.25) is 0 Å². The third kappa shape index (κ3) is 4.41. The van der Waals surface area contributed by atoms with Gasteiger partial charge in [-0.15, -0.1) is 0 Å². The normalized spacial score (nSPS) is 11.6. The van der Waals surface area contributed by atoms with E-state index in [1.54, 1.807) is 56.1 Å². The number of hydrogen-bond donors (Lipinski definition) is 1. The Balaban J connectivity index is 1.60. The molecule has 2 aromatic carbocycles. The monoisotopic (exact) mass is 430 g/mol. The molecule has 0 radical (unpaired) electrons. The third-order valence-electron chi connectivity index (χ3n) is 4.93. The molecule has 0 atom stereocenters. The summed E-state index contributed by atoms with van der Waals surface area (Å²) in [5.41, 5.74) is 2.30. The van der Waals surface area contributed by atoms with Gasteiger partial charge in [-0.3, -0.25) is 14.3 Å². The molecule has 4 aromatic rings. The van der Waals surface area contributed by atoms with Gasteiger partial charge in [0.15, 0.2) is 0 Å². The van der Waals surface area contributed by atoms with E-state index in [4.69, 9.17) is 0 Å². The molecule has 156 valence electrons. The lowest BCUT2D eigenvalue weighted by molar-refractivity contribution is 0.595. The number of sulfonamides is 1. The van der Waals surface area contributed by atoms with Gasteiger partial charge in [0, 0.05) is 49.2 Å². The topological polar surface area (TPSA) is 75.2 Å². The number of fused-ring (bicyclic) bond motifs is 1. The quantitative estimate of drug-likeness (QED) is 0.464. The zero-order valence-electron chi connectivity index (χ0n) is 17.0. The largest absolute Gasteiger partial charge is 0.380 e. The van der Waals surface area contributed by atoms with Crippen LogP contribution in [0.4, 0.5) is 11.4 Å². The van der Waals surface area contributed by atoms with Gasteiger partial charge in [0.1, 0.15) is 0 Å². The number of nitrogens with zero attached hydrogens (tertiary/aromatic N) is 3. The van der Waals surface area contributed by atoms with Crippen molar-refractivity contribution in [2.75, 3.05) is 23.2 Å². The Labute approximate surface area is 182 Å². The highest BCUT2D eigenvalue weighted by Crippen LogP contribution is 2.31. The lowest BCUT2D eigenvalue weighted by Gasteiger charge is -2.23. The van der Waals surface area contributed by atoms with Gasteiger partial charge in [-0.2, -0.15) is 0 Å². The minimum Gasteiger partial charge on any atom is -0.380 e. The summed E-state index contributed by atoms with van der Waals surface area (Å²) in [5, 5.41) is 4.73. The molecule has 0 spiro atoms. The molecule has 2 aromatic heterocycles. The molecule has 2 heterocycles. The number of anilines is 2. The first-order chi connectivity index (χ1) is 15.1. The Hall–Kier alpha value is -3.71. The molecule has 31 heavy (non-hydrogen) atoms. The molecule has 0 aliphatic carbocycles. The molecule has 0 fully saturated rings. The third-order valence-corrected chi connectivity index (χ3v) is 6.76. The number of aromatic nitrogens is 2. The van der Waals surface area contributed by atoms with E-state index in [0.29, 0.717) is 17.6 Å². The van der Waals surface area contributed by atoms with Crippen LogP contribution < -0.4 is 9.62 Å². The Morgan fingerprint density at radius 1 is 0.935 bits per heavy atom. The average molecular weight is 431 g/mol. The van der Waals surface area contributed by atoms with E-state index >= 15 is 0 Å². The van der Waals surface area contributed by atoms with Crippen LogP contribution in [0, 0.1) is 0 Å². The molecule has 0 bridgehead atoms. The van der Waals surface area contributed by atoms with Crippen LogP contribution in [0.5, 0.6) is 0 Å². The molecule has 1 N–H and O–H groups in total. The number of rotatable bonds is 7. The zero-order valence-corrected chi connectivity index (χ0v) is 17.8. The summed E-state index contributed by atoms with van der Waals surface area (Å²) in [6.45, 7) is 0.541. The van der Waals surface area contributed by atoms with E-state index in [1.807, 2.05) is 48.6 Å². The summed E-state index contributed by atoms with van der Waals surface area (Å²) < 4.78 is 28.3. The highest BCUT2D eigenvalue weighted by molar-refractivity contribution is 7.93. The molecule has 4 rings (SSSR count). The van der Waals surface area contributed by atoms with Crippen LogP contribution in [0.25, 0.3) is 16.8 Å². The van der Waals surface area contributed by atoms with Gasteiger partial charge in [-0.05, 0) is 35.9 Å². The van der Waals surface area contributed by atoms with Crippen LogP contribution in [0.1, 0.15) is 5.56 Å². The van der Waals surface area contributed by atoms with Gasteiger partial charge in [0.2, 0.25) is 0 Å². The van der Waals surface area contributed by atoms with E-state index in [-0.39, 0.29) is 4.90 Å². The molecule has 0 unspecified atom stereocenters. The summed E-state index contributed by atoms with van der Waals surface area (Å²) in [6, 6.07) is 18.1. The number of nitrogens with one attached hydrogen (secondary N) is 1. The summed E-state index contributed by atoms with van der Waals surface area (Å²) in [4.78, 5) is 8.43. The minimum atomic E-state index is -3.78. The molecular weight excluding hydrogens is 408 g/mol. The average Bonchev–Trinajstić information content (AvgIpc) is 2.82. The van der Waals surface area contributed by atoms with Gasteiger partial charge < -0.3 is 5.32 Å². The van der Waals surface area contributed by atoms with Crippen molar-refractivity contribution < 1.29 is 8.42 Å². The van der Waals surface area contributed by atoms with Gasteiger partial charge in [-0.1, -0.05) is 42.5 Å². The number of para-hydroxylation sites is 2. The second-order valence-corrected chi connectivity index (χ2v) is 8.85. The highest BCUT2D eigenvalue weighted by Gasteiger charge is 2.25. The molecule has 0 saturated heterocycles. The molecule has 0 saturated carbocycles. The lowest BCUT2D eigenvalue weighted by Crippen LogP contribution is -2.27. The Kier molecular flexibility index (Phi) is 5.95. The van der Waals surface area contributed by atoms with Crippen molar-refractivity contribution >= 4 is 38.2 Å². The van der Waals surface area contributed by atoms with E-state index < -0.39 is 10.0 Å². The van der Waals surface area contributed by atoms with E-state index in [2.05, 4.69) is 15.3 Å². The highest BCUT2D eigenvalue weighted by atomic mass is 32.2. The summed E-state index contributed by atoms with van der Waals surface area (Å²) in [5.74, 6) is 0. The summed E-state index contributed by atoms with van der Waals surface area (Å²) in [6.07, 6.45) is 10.7.